The highest BCUT2D eigenvalue weighted by Crippen LogP contribution is 2.23. The topological polar surface area (TPSA) is 48.5 Å². The molecule has 1 aliphatic heterocycles. The molecule has 5 nitrogen and oxygen atoms in total. The molecule has 1 atom stereocenters. The van der Waals surface area contributed by atoms with Gasteiger partial charge >= 0.3 is 0 Å². The summed E-state index contributed by atoms with van der Waals surface area (Å²) < 4.78 is 1.25. The van der Waals surface area contributed by atoms with Gasteiger partial charge in [0, 0.05) is 38.6 Å². The van der Waals surface area contributed by atoms with Crippen molar-refractivity contribution in [1.29, 1.82) is 0 Å². The van der Waals surface area contributed by atoms with Gasteiger partial charge in [0.25, 0.3) is 0 Å². The molecule has 2 heterocycles. The van der Waals surface area contributed by atoms with Gasteiger partial charge in [-0.25, -0.2) is 4.98 Å². The lowest BCUT2D eigenvalue weighted by molar-refractivity contribution is -0.122. The summed E-state index contributed by atoms with van der Waals surface area (Å²) in [5.41, 5.74) is 2.39. The molecule has 6 heteroatoms. The molecule has 1 fully saturated rings. The van der Waals surface area contributed by atoms with Crippen LogP contribution in [0.15, 0.2) is 54.6 Å². The largest absolute Gasteiger partial charge is 0.354 e. The SMILES string of the molecule is CC[C@H](CNC(=O)CN1CCN(Cc2nc3ccccc3s2)CC1)c1ccccc1. The molecule has 1 saturated heterocycles. The Balaban J connectivity index is 1.20. The van der Waals surface area contributed by atoms with Crippen LogP contribution in [0, 0.1) is 0 Å². The van der Waals surface area contributed by atoms with E-state index in [2.05, 4.69) is 64.5 Å². The van der Waals surface area contributed by atoms with Gasteiger partial charge in [-0.2, -0.15) is 0 Å². The first-order valence-corrected chi connectivity index (χ1v) is 11.6. The molecule has 1 amide bonds. The van der Waals surface area contributed by atoms with Crippen LogP contribution < -0.4 is 5.32 Å². The molecule has 30 heavy (non-hydrogen) atoms. The highest BCUT2D eigenvalue weighted by Gasteiger charge is 2.20. The third-order valence-corrected chi connectivity index (χ3v) is 6.86. The van der Waals surface area contributed by atoms with Gasteiger partial charge in [-0.1, -0.05) is 49.4 Å². The van der Waals surface area contributed by atoms with Crippen molar-refractivity contribution < 1.29 is 4.79 Å². The van der Waals surface area contributed by atoms with Crippen molar-refractivity contribution in [3.05, 3.63) is 65.2 Å². The smallest absolute Gasteiger partial charge is 0.234 e. The monoisotopic (exact) mass is 422 g/mol. The summed E-state index contributed by atoms with van der Waals surface area (Å²) >= 11 is 1.78. The molecule has 0 radical (unpaired) electrons. The fourth-order valence-corrected chi connectivity index (χ4v) is 5.01. The summed E-state index contributed by atoms with van der Waals surface area (Å²) in [5.74, 6) is 0.504. The summed E-state index contributed by atoms with van der Waals surface area (Å²) in [7, 11) is 0. The number of piperazine rings is 1. The molecule has 3 aromatic rings. The molecule has 0 spiro atoms. The van der Waals surface area contributed by atoms with Gasteiger partial charge in [0.05, 0.1) is 23.3 Å². The maximum absolute atomic E-state index is 12.5. The summed E-state index contributed by atoms with van der Waals surface area (Å²) in [5, 5.41) is 4.32. The Kier molecular flexibility index (Phi) is 7.10. The van der Waals surface area contributed by atoms with Crippen LogP contribution in [0.3, 0.4) is 0 Å². The number of aromatic nitrogens is 1. The van der Waals surface area contributed by atoms with Crippen molar-refractivity contribution >= 4 is 27.5 Å². The number of benzene rings is 2. The lowest BCUT2D eigenvalue weighted by Gasteiger charge is -2.33. The number of amides is 1. The second-order valence-electron chi connectivity index (χ2n) is 7.95. The number of nitrogens with one attached hydrogen (secondary N) is 1. The molecule has 158 valence electrons. The third kappa shape index (κ3) is 5.45. The number of nitrogens with zero attached hydrogens (tertiary/aromatic N) is 3. The number of para-hydroxylation sites is 1. The van der Waals surface area contributed by atoms with Crippen molar-refractivity contribution in [2.45, 2.75) is 25.8 Å². The third-order valence-electron chi connectivity index (χ3n) is 5.84. The molecular formula is C24H30N4OS. The van der Waals surface area contributed by atoms with Crippen LogP contribution >= 0.6 is 11.3 Å². The second kappa shape index (κ2) is 10.2. The zero-order valence-electron chi connectivity index (χ0n) is 17.6. The Morgan fingerprint density at radius 1 is 1.03 bits per heavy atom. The number of carbonyl (C=O) groups is 1. The lowest BCUT2D eigenvalue weighted by atomic mass is 9.96. The first-order valence-electron chi connectivity index (χ1n) is 10.8. The van der Waals surface area contributed by atoms with Crippen LogP contribution in [-0.4, -0.2) is 60.0 Å². The van der Waals surface area contributed by atoms with Crippen LogP contribution in [-0.2, 0) is 11.3 Å². The number of hydrogen-bond donors (Lipinski definition) is 1. The summed E-state index contributed by atoms with van der Waals surface area (Å²) in [4.78, 5) is 21.9. The van der Waals surface area contributed by atoms with Crippen LogP contribution in [0.2, 0.25) is 0 Å². The number of hydrogen-bond acceptors (Lipinski definition) is 5. The van der Waals surface area contributed by atoms with Crippen molar-refractivity contribution in [1.82, 2.24) is 20.1 Å². The van der Waals surface area contributed by atoms with Gasteiger partial charge in [-0.15, -0.1) is 11.3 Å². The fraction of sp³-hybridized carbons (Fsp3) is 0.417. The van der Waals surface area contributed by atoms with E-state index in [1.165, 1.54) is 15.3 Å². The molecular weight excluding hydrogens is 392 g/mol. The van der Waals surface area contributed by atoms with Crippen LogP contribution in [0.25, 0.3) is 10.2 Å². The minimum absolute atomic E-state index is 0.129. The van der Waals surface area contributed by atoms with Gasteiger partial charge in [0.2, 0.25) is 5.91 Å². The van der Waals surface area contributed by atoms with Gasteiger partial charge in [0.15, 0.2) is 0 Å². The van der Waals surface area contributed by atoms with E-state index in [4.69, 9.17) is 4.98 Å². The predicted molar refractivity (Wildman–Crippen MR) is 124 cm³/mol. The average molecular weight is 423 g/mol. The Bertz CT molecular complexity index is 917. The fourth-order valence-electron chi connectivity index (χ4n) is 4.00. The number of carbonyl (C=O) groups excluding carboxylic acids is 1. The van der Waals surface area contributed by atoms with E-state index in [1.807, 2.05) is 12.1 Å². The molecule has 1 aliphatic rings. The van der Waals surface area contributed by atoms with Crippen molar-refractivity contribution in [3.8, 4) is 0 Å². The van der Waals surface area contributed by atoms with E-state index in [-0.39, 0.29) is 5.91 Å². The van der Waals surface area contributed by atoms with E-state index in [9.17, 15) is 4.79 Å². The molecule has 1 aromatic heterocycles. The molecule has 0 aliphatic carbocycles. The maximum Gasteiger partial charge on any atom is 0.234 e. The van der Waals surface area contributed by atoms with Gasteiger partial charge in [-0.05, 0) is 24.1 Å². The lowest BCUT2D eigenvalue weighted by Crippen LogP contribution is -2.49. The summed E-state index contributed by atoms with van der Waals surface area (Å²) in [6.45, 7) is 8.07. The van der Waals surface area contributed by atoms with Gasteiger partial charge < -0.3 is 5.32 Å². The zero-order chi connectivity index (χ0) is 20.8. The van der Waals surface area contributed by atoms with Crippen LogP contribution in [0.4, 0.5) is 0 Å². The Morgan fingerprint density at radius 3 is 2.47 bits per heavy atom. The number of thiazole rings is 1. The highest BCUT2D eigenvalue weighted by atomic mass is 32.1. The summed E-state index contributed by atoms with van der Waals surface area (Å²) in [6, 6.07) is 18.8. The maximum atomic E-state index is 12.5. The molecule has 0 saturated carbocycles. The van der Waals surface area contributed by atoms with Gasteiger partial charge in [0.1, 0.15) is 5.01 Å². The van der Waals surface area contributed by atoms with Crippen molar-refractivity contribution in [2.75, 3.05) is 39.3 Å². The quantitative estimate of drug-likeness (QED) is 0.601. The van der Waals surface area contributed by atoms with Gasteiger partial charge in [-0.3, -0.25) is 14.6 Å². The van der Waals surface area contributed by atoms with E-state index in [0.717, 1.165) is 44.7 Å². The molecule has 2 aromatic carbocycles. The van der Waals surface area contributed by atoms with E-state index in [1.54, 1.807) is 11.3 Å². The first kappa shape index (κ1) is 21.0. The van der Waals surface area contributed by atoms with E-state index in [0.29, 0.717) is 19.0 Å². The standard InChI is InChI=1S/C24H30N4OS/c1-2-19(20-8-4-3-5-9-20)16-25-23(29)17-27-12-14-28(15-13-27)18-24-26-21-10-6-7-11-22(21)30-24/h3-11,19H,2,12-18H2,1H3,(H,25,29)/t19-/m1/s1. The van der Waals surface area contributed by atoms with Crippen LogP contribution in [0.5, 0.6) is 0 Å². The highest BCUT2D eigenvalue weighted by molar-refractivity contribution is 7.18. The molecule has 0 unspecified atom stereocenters. The number of fused-ring (bicyclic) bond motifs is 1. The Hall–Kier alpha value is -2.28. The summed E-state index contributed by atoms with van der Waals surface area (Å²) in [6.07, 6.45) is 1.02. The van der Waals surface area contributed by atoms with Crippen molar-refractivity contribution in [2.24, 2.45) is 0 Å². The number of rotatable bonds is 8. The normalized spacial score (nSPS) is 16.6. The second-order valence-corrected chi connectivity index (χ2v) is 9.06. The minimum Gasteiger partial charge on any atom is -0.354 e. The van der Waals surface area contributed by atoms with Crippen molar-refractivity contribution in [3.63, 3.8) is 0 Å². The van der Waals surface area contributed by atoms with Crippen LogP contribution in [0.1, 0.15) is 29.8 Å². The average Bonchev–Trinajstić information content (AvgIpc) is 3.18. The Morgan fingerprint density at radius 2 is 1.73 bits per heavy atom. The zero-order valence-corrected chi connectivity index (χ0v) is 18.4. The molecule has 1 N–H and O–H groups in total. The minimum atomic E-state index is 0.129. The van der Waals surface area contributed by atoms with E-state index < -0.39 is 0 Å². The Labute approximate surface area is 182 Å². The molecule has 0 bridgehead atoms. The predicted octanol–water partition coefficient (Wildman–Crippen LogP) is 3.72. The molecule has 4 rings (SSSR count). The van der Waals surface area contributed by atoms with E-state index >= 15 is 0 Å². The first-order chi connectivity index (χ1) is 14.7.